The summed E-state index contributed by atoms with van der Waals surface area (Å²) in [5.74, 6) is -2.53. The molecule has 0 saturated carbocycles. The van der Waals surface area contributed by atoms with Crippen molar-refractivity contribution >= 4 is 63.1 Å². The molecule has 2 N–H and O–H groups in total. The van der Waals surface area contributed by atoms with Crippen LogP contribution in [-0.2, 0) is 14.3 Å². The average Bonchev–Trinajstić information content (AvgIpc) is 3.52. The maximum atomic E-state index is 13.2. The molecule has 11 heteroatoms. The van der Waals surface area contributed by atoms with Gasteiger partial charge in [0.2, 0.25) is 0 Å². The van der Waals surface area contributed by atoms with Gasteiger partial charge in [0, 0.05) is 22.2 Å². The van der Waals surface area contributed by atoms with Gasteiger partial charge in [0.05, 0.1) is 23.6 Å². The van der Waals surface area contributed by atoms with Gasteiger partial charge < -0.3 is 10.1 Å². The number of rotatable bonds is 8. The molecule has 2 heterocycles. The first-order valence-electron chi connectivity index (χ1n) is 12.1. The fraction of sp³-hybridized carbons (Fsp3) is 0.0690. The summed E-state index contributed by atoms with van der Waals surface area (Å²) in [7, 11) is 0. The summed E-state index contributed by atoms with van der Waals surface area (Å²) in [6.07, 6.45) is 0. The Labute approximate surface area is 238 Å². The third kappa shape index (κ3) is 5.35. The Morgan fingerprint density at radius 3 is 2.38 bits per heavy atom. The number of hydrogen-bond donors (Lipinski definition) is 2. The van der Waals surface area contributed by atoms with Crippen LogP contribution in [0.5, 0.6) is 0 Å². The van der Waals surface area contributed by atoms with Crippen molar-refractivity contribution in [2.75, 3.05) is 22.1 Å². The number of nitrogens with zero attached hydrogens (tertiary/aromatic N) is 2. The van der Waals surface area contributed by atoms with E-state index in [-0.39, 0.29) is 34.5 Å². The largest absolute Gasteiger partial charge is 0.462 e. The lowest BCUT2D eigenvalue weighted by Gasteiger charge is -2.18. The number of carbonyl (C=O) groups is 4. The van der Waals surface area contributed by atoms with Gasteiger partial charge in [-0.05, 0) is 43.3 Å². The summed E-state index contributed by atoms with van der Waals surface area (Å²) >= 11 is 7.57. The number of aromatic nitrogens is 1. The van der Waals surface area contributed by atoms with Crippen LogP contribution in [-0.4, -0.2) is 35.3 Å². The molecule has 40 heavy (non-hydrogen) atoms. The van der Waals surface area contributed by atoms with Crippen LogP contribution in [0, 0.1) is 0 Å². The molecule has 4 aromatic rings. The molecule has 0 radical (unpaired) electrons. The average molecular weight is 573 g/mol. The lowest BCUT2D eigenvalue weighted by atomic mass is 10.1. The van der Waals surface area contributed by atoms with Crippen molar-refractivity contribution in [2.45, 2.75) is 6.92 Å². The van der Waals surface area contributed by atoms with Gasteiger partial charge in [-0.15, -0.1) is 11.3 Å². The predicted molar refractivity (Wildman–Crippen MR) is 153 cm³/mol. The molecule has 0 bridgehead atoms. The lowest BCUT2D eigenvalue weighted by Crippen LogP contribution is -2.33. The number of hydrogen-bond acceptors (Lipinski definition) is 8. The van der Waals surface area contributed by atoms with Crippen LogP contribution in [0.2, 0.25) is 0 Å². The molecule has 3 amide bonds. The summed E-state index contributed by atoms with van der Waals surface area (Å²) in [5.41, 5.74) is 2.47. The summed E-state index contributed by atoms with van der Waals surface area (Å²) in [6.45, 7) is 1.79. The number of esters is 1. The number of thiazole rings is 1. The molecule has 0 aliphatic carbocycles. The van der Waals surface area contributed by atoms with Gasteiger partial charge in [0.25, 0.3) is 17.7 Å². The first kappa shape index (κ1) is 26.8. The summed E-state index contributed by atoms with van der Waals surface area (Å²) in [4.78, 5) is 56.6. The van der Waals surface area contributed by atoms with Crippen molar-refractivity contribution in [2.24, 2.45) is 0 Å². The van der Waals surface area contributed by atoms with Gasteiger partial charge >= 0.3 is 5.97 Å². The minimum atomic E-state index is -0.778. The highest BCUT2D eigenvalue weighted by Crippen LogP contribution is 2.32. The zero-order valence-electron chi connectivity index (χ0n) is 21.0. The molecule has 0 unspecified atom stereocenters. The number of carbonyl (C=O) groups excluding carboxylic acids is 4. The van der Waals surface area contributed by atoms with E-state index in [2.05, 4.69) is 15.6 Å². The molecule has 5 rings (SSSR count). The van der Waals surface area contributed by atoms with Crippen molar-refractivity contribution < 1.29 is 23.9 Å². The number of halogens is 1. The highest BCUT2D eigenvalue weighted by atomic mass is 35.5. The van der Waals surface area contributed by atoms with Crippen LogP contribution in [0.1, 0.15) is 27.6 Å². The zero-order valence-corrected chi connectivity index (χ0v) is 22.6. The molecule has 9 nitrogen and oxygen atoms in total. The number of ether oxygens (including phenoxy) is 1. The van der Waals surface area contributed by atoms with Crippen LogP contribution in [0.15, 0.2) is 95.0 Å². The van der Waals surface area contributed by atoms with Crippen molar-refractivity contribution in [3.05, 3.63) is 106 Å². The molecule has 3 aromatic carbocycles. The Morgan fingerprint density at radius 1 is 0.950 bits per heavy atom. The standard InChI is InChI=1S/C29H21ClN4O5S/c1-2-39-28(38)20-10-6-7-11-22(20)34-26(36)23(30)24(27(34)37)31-19-14-12-18(13-15-19)25(35)33-29-32-21(16-40-29)17-8-4-3-5-9-17/h3-16,31H,2H2,1H3,(H,32,33,35). The first-order valence-corrected chi connectivity index (χ1v) is 13.4. The van der Waals surface area contributed by atoms with Crippen molar-refractivity contribution in [3.63, 3.8) is 0 Å². The van der Waals surface area contributed by atoms with Gasteiger partial charge in [0.1, 0.15) is 10.7 Å². The predicted octanol–water partition coefficient (Wildman–Crippen LogP) is 5.67. The van der Waals surface area contributed by atoms with Gasteiger partial charge in [-0.3, -0.25) is 19.7 Å². The van der Waals surface area contributed by atoms with E-state index in [4.69, 9.17) is 16.3 Å². The second kappa shape index (κ2) is 11.5. The molecule has 0 fully saturated rings. The first-order chi connectivity index (χ1) is 19.4. The van der Waals surface area contributed by atoms with Crippen LogP contribution >= 0.6 is 22.9 Å². The Morgan fingerprint density at radius 2 is 1.65 bits per heavy atom. The summed E-state index contributed by atoms with van der Waals surface area (Å²) in [6, 6.07) is 22.0. The molecule has 1 aromatic heterocycles. The lowest BCUT2D eigenvalue weighted by molar-refractivity contribution is -0.120. The Balaban J connectivity index is 1.28. The number of amides is 3. The molecule has 1 aliphatic rings. The number of nitrogens with one attached hydrogen (secondary N) is 2. The number of anilines is 3. The van der Waals surface area contributed by atoms with E-state index in [1.807, 2.05) is 35.7 Å². The smallest absolute Gasteiger partial charge is 0.340 e. The van der Waals surface area contributed by atoms with E-state index in [0.717, 1.165) is 16.2 Å². The van der Waals surface area contributed by atoms with Crippen molar-refractivity contribution in [1.29, 1.82) is 0 Å². The molecule has 0 spiro atoms. The maximum absolute atomic E-state index is 13.2. The number of benzene rings is 3. The van der Waals surface area contributed by atoms with E-state index < -0.39 is 17.8 Å². The highest BCUT2D eigenvalue weighted by molar-refractivity contribution is 7.14. The van der Waals surface area contributed by atoms with Gasteiger partial charge in [-0.25, -0.2) is 14.7 Å². The molecular weight excluding hydrogens is 552 g/mol. The maximum Gasteiger partial charge on any atom is 0.340 e. The van der Waals surface area contributed by atoms with Crippen LogP contribution in [0.25, 0.3) is 11.3 Å². The monoisotopic (exact) mass is 572 g/mol. The molecule has 1 aliphatic heterocycles. The number of imide groups is 1. The molecular formula is C29H21ClN4O5S. The quantitative estimate of drug-likeness (QED) is 0.206. The van der Waals surface area contributed by atoms with Crippen LogP contribution in [0.3, 0.4) is 0 Å². The second-order valence-electron chi connectivity index (χ2n) is 8.43. The van der Waals surface area contributed by atoms with E-state index in [1.165, 1.54) is 23.5 Å². The van der Waals surface area contributed by atoms with Gasteiger partial charge in [-0.2, -0.15) is 0 Å². The van der Waals surface area contributed by atoms with E-state index in [1.54, 1.807) is 43.3 Å². The molecule has 200 valence electrons. The normalized spacial score (nSPS) is 13.0. The minimum Gasteiger partial charge on any atom is -0.462 e. The number of para-hydroxylation sites is 1. The van der Waals surface area contributed by atoms with Gasteiger partial charge in [-0.1, -0.05) is 54.1 Å². The Bertz CT molecular complexity index is 1650. The van der Waals surface area contributed by atoms with Crippen LogP contribution < -0.4 is 15.5 Å². The second-order valence-corrected chi connectivity index (χ2v) is 9.67. The topological polar surface area (TPSA) is 118 Å². The summed E-state index contributed by atoms with van der Waals surface area (Å²) in [5, 5.41) is 7.64. The van der Waals surface area contributed by atoms with E-state index in [9.17, 15) is 19.2 Å². The highest BCUT2D eigenvalue weighted by Gasteiger charge is 2.40. The Kier molecular flexibility index (Phi) is 7.72. The SMILES string of the molecule is CCOC(=O)c1ccccc1N1C(=O)C(Cl)=C(Nc2ccc(C(=O)Nc3nc(-c4ccccc4)cs3)cc2)C1=O. The Hall–Kier alpha value is -4.80. The summed E-state index contributed by atoms with van der Waals surface area (Å²) < 4.78 is 5.05. The van der Waals surface area contributed by atoms with Crippen molar-refractivity contribution in [1.82, 2.24) is 4.98 Å². The van der Waals surface area contributed by atoms with E-state index in [0.29, 0.717) is 16.4 Å². The van der Waals surface area contributed by atoms with Gasteiger partial charge in [0.15, 0.2) is 5.13 Å². The fourth-order valence-corrected chi connectivity index (χ4v) is 4.90. The zero-order chi connectivity index (χ0) is 28.2. The van der Waals surface area contributed by atoms with E-state index >= 15 is 0 Å². The van der Waals surface area contributed by atoms with Crippen LogP contribution in [0.4, 0.5) is 16.5 Å². The third-order valence-electron chi connectivity index (χ3n) is 5.88. The molecule has 0 saturated heterocycles. The molecule has 0 atom stereocenters. The van der Waals surface area contributed by atoms with Crippen molar-refractivity contribution in [3.8, 4) is 11.3 Å². The third-order valence-corrected chi connectivity index (χ3v) is 6.99. The fourth-order valence-electron chi connectivity index (χ4n) is 3.97. The minimum absolute atomic E-state index is 0.0586.